The van der Waals surface area contributed by atoms with Crippen molar-refractivity contribution >= 4 is 29.9 Å². The third kappa shape index (κ3) is 6.21. The van der Waals surface area contributed by atoms with Crippen molar-refractivity contribution in [1.29, 1.82) is 0 Å². The van der Waals surface area contributed by atoms with E-state index in [4.69, 9.17) is 4.74 Å². The van der Waals surface area contributed by atoms with Gasteiger partial charge in [0, 0.05) is 38.4 Å². The van der Waals surface area contributed by atoms with Crippen LogP contribution >= 0.6 is 24.0 Å². The molecule has 1 aliphatic carbocycles. The molecule has 28 heavy (non-hydrogen) atoms. The maximum absolute atomic E-state index is 5.68. The Bertz CT molecular complexity index is 469. The van der Waals surface area contributed by atoms with Gasteiger partial charge in [-0.05, 0) is 57.5 Å². The Hall–Kier alpha value is -0.0800. The second-order valence-electron chi connectivity index (χ2n) is 9.15. The predicted molar refractivity (Wildman–Crippen MR) is 129 cm³/mol. The lowest BCUT2D eigenvalue weighted by molar-refractivity contribution is -0.0164. The number of guanidine groups is 1. The number of rotatable bonds is 6. The van der Waals surface area contributed by atoms with E-state index >= 15 is 0 Å². The normalized spacial score (nSPS) is 26.3. The highest BCUT2D eigenvalue weighted by Crippen LogP contribution is 2.32. The van der Waals surface area contributed by atoms with E-state index in [1.807, 2.05) is 7.05 Å². The van der Waals surface area contributed by atoms with Gasteiger partial charge in [0.1, 0.15) is 0 Å². The molecule has 6 heteroatoms. The van der Waals surface area contributed by atoms with Crippen LogP contribution in [0.1, 0.15) is 71.6 Å². The van der Waals surface area contributed by atoms with Crippen molar-refractivity contribution in [3.63, 3.8) is 0 Å². The third-order valence-corrected chi connectivity index (χ3v) is 7.56. The summed E-state index contributed by atoms with van der Waals surface area (Å²) in [6, 6.07) is 0.455. The van der Waals surface area contributed by atoms with Crippen LogP contribution in [0.5, 0.6) is 0 Å². The molecule has 0 spiro atoms. The molecule has 5 nitrogen and oxygen atoms in total. The minimum atomic E-state index is 0. The molecule has 2 saturated heterocycles. The molecule has 2 aliphatic heterocycles. The van der Waals surface area contributed by atoms with Crippen LogP contribution in [0, 0.1) is 11.8 Å². The van der Waals surface area contributed by atoms with Crippen LogP contribution < -0.4 is 10.6 Å². The number of halogens is 1. The molecule has 0 aromatic rings. The van der Waals surface area contributed by atoms with Crippen LogP contribution in [0.15, 0.2) is 4.99 Å². The zero-order valence-corrected chi connectivity index (χ0v) is 20.7. The van der Waals surface area contributed by atoms with E-state index in [1.54, 1.807) is 0 Å². The molecule has 164 valence electrons. The first-order chi connectivity index (χ1) is 13.1. The molecule has 0 amide bonds. The number of nitrogens with one attached hydrogen (secondary N) is 2. The molecule has 3 fully saturated rings. The minimum Gasteiger partial charge on any atom is -0.381 e. The summed E-state index contributed by atoms with van der Waals surface area (Å²) in [5.41, 5.74) is 0.241. The van der Waals surface area contributed by atoms with Crippen molar-refractivity contribution in [3.05, 3.63) is 0 Å². The highest BCUT2D eigenvalue weighted by molar-refractivity contribution is 14.0. The number of aliphatic imine (C=N–C) groups is 1. The summed E-state index contributed by atoms with van der Waals surface area (Å²) in [5, 5.41) is 7.39. The van der Waals surface area contributed by atoms with Gasteiger partial charge in [-0.1, -0.05) is 39.0 Å². The van der Waals surface area contributed by atoms with Gasteiger partial charge in [-0.3, -0.25) is 9.89 Å². The summed E-state index contributed by atoms with van der Waals surface area (Å²) < 4.78 is 5.68. The van der Waals surface area contributed by atoms with E-state index in [1.165, 1.54) is 58.0 Å². The van der Waals surface area contributed by atoms with Crippen molar-refractivity contribution in [1.82, 2.24) is 15.5 Å². The van der Waals surface area contributed by atoms with E-state index in [0.717, 1.165) is 44.5 Å². The molecule has 1 saturated carbocycles. The van der Waals surface area contributed by atoms with Gasteiger partial charge in [0.25, 0.3) is 0 Å². The molecular weight excluding hydrogens is 463 g/mol. The molecule has 2 unspecified atom stereocenters. The first-order valence-corrected chi connectivity index (χ1v) is 11.4. The summed E-state index contributed by atoms with van der Waals surface area (Å²) >= 11 is 0. The molecule has 0 radical (unpaired) electrons. The molecule has 0 aromatic heterocycles. The lowest BCUT2D eigenvalue weighted by atomic mass is 9.78. The van der Waals surface area contributed by atoms with Crippen molar-refractivity contribution in [2.45, 2.75) is 83.2 Å². The van der Waals surface area contributed by atoms with E-state index in [-0.39, 0.29) is 29.5 Å². The molecule has 2 heterocycles. The molecule has 3 rings (SSSR count). The maximum Gasteiger partial charge on any atom is 0.191 e. The Labute approximate surface area is 189 Å². The Balaban J connectivity index is 0.00000280. The van der Waals surface area contributed by atoms with E-state index in [0.29, 0.717) is 12.0 Å². The number of nitrogens with zero attached hydrogens (tertiary/aromatic N) is 2. The van der Waals surface area contributed by atoms with E-state index < -0.39 is 0 Å². The molecule has 2 N–H and O–H groups in total. The van der Waals surface area contributed by atoms with Crippen LogP contribution in [0.2, 0.25) is 0 Å². The molecule has 2 atom stereocenters. The van der Waals surface area contributed by atoms with Crippen LogP contribution in [0.4, 0.5) is 0 Å². The zero-order valence-electron chi connectivity index (χ0n) is 18.3. The largest absolute Gasteiger partial charge is 0.381 e. The van der Waals surface area contributed by atoms with E-state index in [2.05, 4.69) is 34.4 Å². The summed E-state index contributed by atoms with van der Waals surface area (Å²) in [5.74, 6) is 2.53. The summed E-state index contributed by atoms with van der Waals surface area (Å²) in [6.45, 7) is 9.98. The Kier molecular flexibility index (Phi) is 10.3. The Morgan fingerprint density at radius 3 is 2.32 bits per heavy atom. The van der Waals surface area contributed by atoms with Crippen molar-refractivity contribution in [3.8, 4) is 0 Å². The van der Waals surface area contributed by atoms with Crippen molar-refractivity contribution in [2.24, 2.45) is 16.8 Å². The summed E-state index contributed by atoms with van der Waals surface area (Å²) in [4.78, 5) is 7.25. The van der Waals surface area contributed by atoms with Crippen LogP contribution in [-0.4, -0.2) is 62.3 Å². The average molecular weight is 507 g/mol. The SMILES string of the molecule is CN=C(NCC1(N2CCCC2)CCOCC1)NC(C)C(C)C1CCCCC1.I. The zero-order chi connectivity index (χ0) is 19.1. The van der Waals surface area contributed by atoms with Gasteiger partial charge in [-0.2, -0.15) is 0 Å². The molecule has 0 aromatic carbocycles. The first kappa shape index (κ1) is 24.2. The van der Waals surface area contributed by atoms with Gasteiger partial charge in [-0.25, -0.2) is 0 Å². The van der Waals surface area contributed by atoms with Crippen LogP contribution in [0.25, 0.3) is 0 Å². The Morgan fingerprint density at radius 1 is 1.07 bits per heavy atom. The fraction of sp³-hybridized carbons (Fsp3) is 0.955. The number of ether oxygens (including phenoxy) is 1. The highest BCUT2D eigenvalue weighted by atomic mass is 127. The third-order valence-electron chi connectivity index (χ3n) is 7.56. The van der Waals surface area contributed by atoms with Gasteiger partial charge in [0.05, 0.1) is 0 Å². The minimum absolute atomic E-state index is 0. The van der Waals surface area contributed by atoms with E-state index in [9.17, 15) is 0 Å². The predicted octanol–water partition coefficient (Wildman–Crippen LogP) is 4.02. The fourth-order valence-corrected chi connectivity index (χ4v) is 5.41. The molecule has 3 aliphatic rings. The second kappa shape index (κ2) is 11.9. The van der Waals surface area contributed by atoms with Crippen molar-refractivity contribution < 1.29 is 4.74 Å². The van der Waals surface area contributed by atoms with Gasteiger partial charge < -0.3 is 15.4 Å². The number of likely N-dealkylation sites (tertiary alicyclic amines) is 1. The highest BCUT2D eigenvalue weighted by Gasteiger charge is 2.39. The van der Waals surface area contributed by atoms with Crippen molar-refractivity contribution in [2.75, 3.05) is 39.9 Å². The van der Waals surface area contributed by atoms with Gasteiger partial charge in [0.2, 0.25) is 0 Å². The molecular formula is C22H43IN4O. The standard InChI is InChI=1S/C22H42N4O.HI/c1-18(20-9-5-4-6-10-20)19(2)25-21(23-3)24-17-22(11-15-27-16-12-22)26-13-7-8-14-26;/h18-20H,4-17H2,1-3H3,(H2,23,24,25);1H. The topological polar surface area (TPSA) is 48.9 Å². The smallest absolute Gasteiger partial charge is 0.191 e. The first-order valence-electron chi connectivity index (χ1n) is 11.4. The summed E-state index contributed by atoms with van der Waals surface area (Å²) in [7, 11) is 1.90. The van der Waals surface area contributed by atoms with Gasteiger partial charge in [0.15, 0.2) is 5.96 Å². The monoisotopic (exact) mass is 506 g/mol. The number of hydrogen-bond donors (Lipinski definition) is 2. The lowest BCUT2D eigenvalue weighted by Gasteiger charge is -2.45. The number of hydrogen-bond acceptors (Lipinski definition) is 3. The van der Waals surface area contributed by atoms with Gasteiger partial charge in [-0.15, -0.1) is 24.0 Å². The van der Waals surface area contributed by atoms with Gasteiger partial charge >= 0.3 is 0 Å². The lowest BCUT2D eigenvalue weighted by Crippen LogP contribution is -2.59. The Morgan fingerprint density at radius 2 is 1.71 bits per heavy atom. The average Bonchev–Trinajstić information content (AvgIpc) is 3.27. The second-order valence-corrected chi connectivity index (χ2v) is 9.15. The summed E-state index contributed by atoms with van der Waals surface area (Å²) in [6.07, 6.45) is 12.0. The maximum atomic E-state index is 5.68. The molecule has 0 bridgehead atoms. The fourth-order valence-electron chi connectivity index (χ4n) is 5.41. The quantitative estimate of drug-likeness (QED) is 0.325. The van der Waals surface area contributed by atoms with Crippen LogP contribution in [0.3, 0.4) is 0 Å². The van der Waals surface area contributed by atoms with Crippen LogP contribution in [-0.2, 0) is 4.74 Å².